The molecule has 0 atom stereocenters. The molecule has 0 radical (unpaired) electrons. The third kappa shape index (κ3) is 4.15. The first-order valence-electron chi connectivity index (χ1n) is 8.98. The molecule has 2 aliphatic rings. The van der Waals surface area contributed by atoms with Crippen molar-refractivity contribution in [3.8, 4) is 0 Å². The Morgan fingerprint density at radius 2 is 1.68 bits per heavy atom. The van der Waals surface area contributed by atoms with E-state index in [0.717, 1.165) is 38.9 Å². The Bertz CT molecular complexity index is 623. The highest BCUT2D eigenvalue weighted by atomic mass is 35.5. The Hall–Kier alpha value is -1.59. The molecule has 3 rings (SSSR count). The fraction of sp³-hybridized carbons (Fsp3) is 0.579. The van der Waals surface area contributed by atoms with E-state index >= 15 is 0 Å². The van der Waals surface area contributed by atoms with Crippen LogP contribution in [0.1, 0.15) is 43.0 Å². The topological polar surface area (TPSA) is 49.9 Å². The first-order valence-corrected chi connectivity index (χ1v) is 9.36. The minimum Gasteiger partial charge on any atom is -0.381 e. The van der Waals surface area contributed by atoms with E-state index < -0.39 is 0 Å². The summed E-state index contributed by atoms with van der Waals surface area (Å²) >= 11 is 6.15. The Balaban J connectivity index is 1.63. The summed E-state index contributed by atoms with van der Waals surface area (Å²) in [4.78, 5) is 28.8. The van der Waals surface area contributed by atoms with Gasteiger partial charge in [-0.15, -0.1) is 0 Å². The summed E-state index contributed by atoms with van der Waals surface area (Å²) < 4.78 is 5.42. The summed E-state index contributed by atoms with van der Waals surface area (Å²) in [6.45, 7) is 4.40. The van der Waals surface area contributed by atoms with Gasteiger partial charge in [-0.05, 0) is 37.8 Å². The lowest BCUT2D eigenvalue weighted by atomic mass is 9.97. The van der Waals surface area contributed by atoms with Crippen LogP contribution in [0, 0.1) is 0 Å². The molecule has 0 bridgehead atoms. The third-order valence-electron chi connectivity index (χ3n) is 5.20. The van der Waals surface area contributed by atoms with Crippen molar-refractivity contribution in [2.75, 3.05) is 26.3 Å². The molecule has 2 amide bonds. The molecule has 2 aliphatic heterocycles. The summed E-state index contributed by atoms with van der Waals surface area (Å²) in [6, 6.07) is 7.63. The van der Waals surface area contributed by atoms with Crippen LogP contribution in [0.2, 0.25) is 5.02 Å². The zero-order valence-electron chi connectivity index (χ0n) is 14.6. The van der Waals surface area contributed by atoms with Crippen molar-refractivity contribution in [3.05, 3.63) is 34.9 Å². The number of likely N-dealkylation sites (tertiary alicyclic amines) is 1. The van der Waals surface area contributed by atoms with Crippen LogP contribution >= 0.6 is 11.6 Å². The highest BCUT2D eigenvalue weighted by Gasteiger charge is 2.33. The number of carbonyl (C=O) groups excluding carboxylic acids is 2. The van der Waals surface area contributed by atoms with Gasteiger partial charge in [0.1, 0.15) is 0 Å². The lowest BCUT2D eigenvalue weighted by Crippen LogP contribution is -2.53. The number of piperidine rings is 1. The van der Waals surface area contributed by atoms with Gasteiger partial charge in [-0.1, -0.05) is 23.7 Å². The molecule has 0 aliphatic carbocycles. The maximum Gasteiger partial charge on any atom is 0.255 e. The number of rotatable bonds is 3. The predicted molar refractivity (Wildman–Crippen MR) is 96.7 cm³/mol. The van der Waals surface area contributed by atoms with Crippen LogP contribution < -0.4 is 0 Å². The van der Waals surface area contributed by atoms with Crippen LogP contribution in [0.4, 0.5) is 0 Å². The number of ether oxygens (including phenoxy) is 1. The molecule has 0 aromatic heterocycles. The standard InChI is InChI=1S/C19H25ClN2O3/c1-14(23)22(16-8-12-25-13-9-16)15-6-10-21(11-7-15)19(24)17-4-2-3-5-18(17)20/h2-5,15-16H,6-13H2,1H3. The van der Waals surface area contributed by atoms with Crippen molar-refractivity contribution in [1.29, 1.82) is 0 Å². The Labute approximate surface area is 153 Å². The molecule has 136 valence electrons. The molecule has 2 fully saturated rings. The minimum absolute atomic E-state index is 0.0236. The average Bonchev–Trinajstić information content (AvgIpc) is 2.63. The summed E-state index contributed by atoms with van der Waals surface area (Å²) in [7, 11) is 0. The molecule has 25 heavy (non-hydrogen) atoms. The van der Waals surface area contributed by atoms with Crippen LogP contribution in [0.3, 0.4) is 0 Å². The summed E-state index contributed by atoms with van der Waals surface area (Å²) in [5.41, 5.74) is 0.551. The molecule has 0 unspecified atom stereocenters. The lowest BCUT2D eigenvalue weighted by molar-refractivity contribution is -0.137. The molecule has 0 saturated carbocycles. The maximum absolute atomic E-state index is 12.7. The van der Waals surface area contributed by atoms with Gasteiger partial charge in [0.15, 0.2) is 0 Å². The molecule has 2 saturated heterocycles. The lowest BCUT2D eigenvalue weighted by Gasteiger charge is -2.43. The third-order valence-corrected chi connectivity index (χ3v) is 5.53. The summed E-state index contributed by atoms with van der Waals surface area (Å²) in [5.74, 6) is 0.104. The number of hydrogen-bond donors (Lipinski definition) is 0. The van der Waals surface area contributed by atoms with Crippen molar-refractivity contribution in [1.82, 2.24) is 9.80 Å². The van der Waals surface area contributed by atoms with Gasteiger partial charge in [-0.25, -0.2) is 0 Å². The van der Waals surface area contributed by atoms with E-state index in [9.17, 15) is 9.59 Å². The summed E-state index contributed by atoms with van der Waals surface area (Å²) in [5, 5.41) is 0.488. The maximum atomic E-state index is 12.7. The van der Waals surface area contributed by atoms with E-state index in [0.29, 0.717) is 23.7 Å². The van der Waals surface area contributed by atoms with E-state index in [1.807, 2.05) is 21.9 Å². The van der Waals surface area contributed by atoms with Crippen molar-refractivity contribution in [2.24, 2.45) is 0 Å². The van der Waals surface area contributed by atoms with Crippen LogP contribution in [0.15, 0.2) is 24.3 Å². The second-order valence-corrected chi connectivity index (χ2v) is 7.18. The quantitative estimate of drug-likeness (QED) is 0.828. The monoisotopic (exact) mass is 364 g/mol. The first kappa shape index (κ1) is 18.2. The molecular weight excluding hydrogens is 340 g/mol. The van der Waals surface area contributed by atoms with Gasteiger partial charge in [0.25, 0.3) is 5.91 Å². The van der Waals surface area contributed by atoms with E-state index in [4.69, 9.17) is 16.3 Å². The Kier molecular flexibility index (Phi) is 5.97. The van der Waals surface area contributed by atoms with Gasteiger partial charge >= 0.3 is 0 Å². The van der Waals surface area contributed by atoms with Crippen LogP contribution in [-0.4, -0.2) is 60.0 Å². The van der Waals surface area contributed by atoms with Crippen LogP contribution in [0.25, 0.3) is 0 Å². The van der Waals surface area contributed by atoms with Crippen LogP contribution in [-0.2, 0) is 9.53 Å². The molecule has 0 N–H and O–H groups in total. The van der Waals surface area contributed by atoms with E-state index in [1.54, 1.807) is 19.1 Å². The smallest absolute Gasteiger partial charge is 0.255 e. The molecule has 6 heteroatoms. The van der Waals surface area contributed by atoms with Gasteiger partial charge in [0.2, 0.25) is 5.91 Å². The van der Waals surface area contributed by atoms with Crippen molar-refractivity contribution in [2.45, 2.75) is 44.7 Å². The van der Waals surface area contributed by atoms with Crippen molar-refractivity contribution >= 4 is 23.4 Å². The number of benzene rings is 1. The number of carbonyl (C=O) groups is 2. The molecule has 2 heterocycles. The largest absolute Gasteiger partial charge is 0.381 e. The average molecular weight is 365 g/mol. The molecular formula is C19H25ClN2O3. The minimum atomic E-state index is -0.0236. The van der Waals surface area contributed by atoms with E-state index in [-0.39, 0.29) is 23.9 Å². The zero-order valence-corrected chi connectivity index (χ0v) is 15.4. The first-order chi connectivity index (χ1) is 12.1. The number of halogens is 1. The molecule has 1 aromatic carbocycles. The number of amides is 2. The summed E-state index contributed by atoms with van der Waals surface area (Å²) in [6.07, 6.45) is 3.43. The number of hydrogen-bond acceptors (Lipinski definition) is 3. The zero-order chi connectivity index (χ0) is 17.8. The highest BCUT2D eigenvalue weighted by molar-refractivity contribution is 6.33. The van der Waals surface area contributed by atoms with E-state index in [2.05, 4.69) is 0 Å². The molecule has 0 spiro atoms. The molecule has 1 aromatic rings. The van der Waals surface area contributed by atoms with Crippen LogP contribution in [0.5, 0.6) is 0 Å². The van der Waals surface area contributed by atoms with Gasteiger partial charge in [-0.3, -0.25) is 9.59 Å². The van der Waals surface area contributed by atoms with Gasteiger partial charge < -0.3 is 14.5 Å². The van der Waals surface area contributed by atoms with Gasteiger partial charge in [0.05, 0.1) is 10.6 Å². The molecule has 5 nitrogen and oxygen atoms in total. The second kappa shape index (κ2) is 8.19. The van der Waals surface area contributed by atoms with Crippen molar-refractivity contribution < 1.29 is 14.3 Å². The normalized spacial score (nSPS) is 19.7. The number of nitrogens with zero attached hydrogens (tertiary/aromatic N) is 2. The van der Waals surface area contributed by atoms with Crippen molar-refractivity contribution in [3.63, 3.8) is 0 Å². The highest BCUT2D eigenvalue weighted by Crippen LogP contribution is 2.26. The Morgan fingerprint density at radius 3 is 2.28 bits per heavy atom. The van der Waals surface area contributed by atoms with E-state index in [1.165, 1.54) is 0 Å². The SMILES string of the molecule is CC(=O)N(C1CCOCC1)C1CCN(C(=O)c2ccccc2Cl)CC1. The van der Waals surface area contributed by atoms with Gasteiger partial charge in [-0.2, -0.15) is 0 Å². The fourth-order valence-electron chi connectivity index (χ4n) is 3.93. The Morgan fingerprint density at radius 1 is 1.08 bits per heavy atom. The predicted octanol–water partition coefficient (Wildman–Crippen LogP) is 2.97. The second-order valence-electron chi connectivity index (χ2n) is 6.77. The van der Waals surface area contributed by atoms with Gasteiger partial charge in [0, 0.05) is 45.3 Å². The fourth-order valence-corrected chi connectivity index (χ4v) is 4.14.